The highest BCUT2D eigenvalue weighted by Gasteiger charge is 2.24. The van der Waals surface area contributed by atoms with Gasteiger partial charge in [0.25, 0.3) is 7.82 Å². The number of carbonyl (C=O) groups is 1. The number of unbranched alkanes of at least 4 members (excludes halogenated alkanes) is 16. The molecule has 0 rings (SSSR count). The fraction of sp³-hybridized carbons (Fsp3) is 0.656. The molecule has 1 amide bonds. The molecule has 0 aliphatic rings. The van der Waals surface area contributed by atoms with Gasteiger partial charge in [0.15, 0.2) is 0 Å². The van der Waals surface area contributed by atoms with Crippen molar-refractivity contribution in [1.82, 2.24) is 5.32 Å². The zero-order valence-corrected chi connectivity index (χ0v) is 46.3. The van der Waals surface area contributed by atoms with Crippen LogP contribution in [0.15, 0.2) is 122 Å². The fourth-order valence-corrected chi connectivity index (χ4v) is 8.08. The second-order valence-electron chi connectivity index (χ2n) is 19.6. The van der Waals surface area contributed by atoms with Gasteiger partial charge in [-0.1, -0.05) is 232 Å². The van der Waals surface area contributed by atoms with Crippen molar-refractivity contribution >= 4 is 13.7 Å². The molecule has 70 heavy (non-hydrogen) atoms. The van der Waals surface area contributed by atoms with Gasteiger partial charge in [-0.15, -0.1) is 0 Å². The van der Waals surface area contributed by atoms with Crippen molar-refractivity contribution in [2.75, 3.05) is 40.9 Å². The molecule has 0 spiro atoms. The van der Waals surface area contributed by atoms with Gasteiger partial charge >= 0.3 is 0 Å². The molecule has 9 heteroatoms. The van der Waals surface area contributed by atoms with E-state index in [9.17, 15) is 19.4 Å². The first kappa shape index (κ1) is 66.9. The number of allylic oxidation sites excluding steroid dienone is 20. The van der Waals surface area contributed by atoms with Crippen LogP contribution in [0.4, 0.5) is 0 Å². The van der Waals surface area contributed by atoms with Crippen LogP contribution >= 0.6 is 7.82 Å². The lowest BCUT2D eigenvalue weighted by atomic mass is 10.0. The summed E-state index contributed by atoms with van der Waals surface area (Å²) in [4.78, 5) is 25.4. The Morgan fingerprint density at radius 2 is 0.871 bits per heavy atom. The number of likely N-dealkylation sites (N-methyl/N-ethyl adjacent to an activating group) is 1. The second-order valence-corrected chi connectivity index (χ2v) is 21.0. The third kappa shape index (κ3) is 52.7. The molecule has 3 atom stereocenters. The summed E-state index contributed by atoms with van der Waals surface area (Å²) in [6.07, 6.45) is 75.3. The van der Waals surface area contributed by atoms with Crippen LogP contribution < -0.4 is 10.2 Å². The highest BCUT2D eigenvalue weighted by molar-refractivity contribution is 7.45. The minimum Gasteiger partial charge on any atom is -0.756 e. The van der Waals surface area contributed by atoms with Crippen LogP contribution in [-0.2, 0) is 18.4 Å². The van der Waals surface area contributed by atoms with Crippen molar-refractivity contribution < 1.29 is 32.9 Å². The van der Waals surface area contributed by atoms with E-state index in [1.165, 1.54) is 64.2 Å². The molecule has 3 unspecified atom stereocenters. The third-order valence-corrected chi connectivity index (χ3v) is 12.7. The monoisotopic (exact) mass is 993 g/mol. The van der Waals surface area contributed by atoms with Gasteiger partial charge in [0, 0.05) is 6.42 Å². The molecule has 0 heterocycles. The summed E-state index contributed by atoms with van der Waals surface area (Å²) >= 11 is 0. The normalized spacial score (nSPS) is 14.9. The van der Waals surface area contributed by atoms with Crippen LogP contribution in [0.3, 0.4) is 0 Å². The molecule has 0 saturated carbocycles. The molecular weight excluding hydrogens is 888 g/mol. The number of aliphatic hydroxyl groups is 1. The third-order valence-electron chi connectivity index (χ3n) is 11.7. The summed E-state index contributed by atoms with van der Waals surface area (Å²) in [6, 6.07) is -0.811. The molecule has 0 fully saturated rings. The Hall–Kier alpha value is -3.10. The second kappa shape index (κ2) is 50.8. The predicted molar refractivity (Wildman–Crippen MR) is 302 cm³/mol. The van der Waals surface area contributed by atoms with Crippen LogP contribution in [0.5, 0.6) is 0 Å². The van der Waals surface area contributed by atoms with Gasteiger partial charge in [-0.05, 0) is 89.9 Å². The molecular formula is C61H105N2O6P. The Morgan fingerprint density at radius 1 is 0.514 bits per heavy atom. The van der Waals surface area contributed by atoms with E-state index in [1.807, 2.05) is 21.1 Å². The van der Waals surface area contributed by atoms with Crippen LogP contribution in [-0.4, -0.2) is 68.5 Å². The van der Waals surface area contributed by atoms with Crippen molar-refractivity contribution in [2.24, 2.45) is 0 Å². The van der Waals surface area contributed by atoms with E-state index in [0.717, 1.165) is 116 Å². The van der Waals surface area contributed by atoms with Crippen molar-refractivity contribution in [3.63, 3.8) is 0 Å². The van der Waals surface area contributed by atoms with Crippen molar-refractivity contribution in [3.8, 4) is 0 Å². The minimum atomic E-state index is -4.57. The molecule has 0 bridgehead atoms. The maximum atomic E-state index is 12.9. The first-order valence-electron chi connectivity index (χ1n) is 27.9. The first-order chi connectivity index (χ1) is 34.0. The smallest absolute Gasteiger partial charge is 0.268 e. The number of quaternary nitrogens is 1. The number of nitrogens with one attached hydrogen (secondary N) is 1. The van der Waals surface area contributed by atoms with Gasteiger partial charge in [0.05, 0.1) is 39.9 Å². The first-order valence-corrected chi connectivity index (χ1v) is 29.3. The summed E-state index contributed by atoms with van der Waals surface area (Å²) < 4.78 is 23.3. The highest BCUT2D eigenvalue weighted by Crippen LogP contribution is 2.38. The molecule has 0 aliphatic carbocycles. The number of hydrogen-bond donors (Lipinski definition) is 2. The van der Waals surface area contributed by atoms with E-state index in [-0.39, 0.29) is 19.1 Å². The van der Waals surface area contributed by atoms with Gasteiger partial charge in [0.1, 0.15) is 13.2 Å². The molecule has 0 aliphatic heterocycles. The van der Waals surface area contributed by atoms with Gasteiger partial charge in [-0.2, -0.15) is 0 Å². The van der Waals surface area contributed by atoms with E-state index >= 15 is 0 Å². The van der Waals surface area contributed by atoms with Gasteiger partial charge in [0.2, 0.25) is 5.91 Å². The molecule has 2 N–H and O–H groups in total. The Kier molecular flexibility index (Phi) is 48.6. The Balaban J connectivity index is 4.05. The summed E-state index contributed by atoms with van der Waals surface area (Å²) in [5.41, 5.74) is 0. The zero-order chi connectivity index (χ0) is 51.3. The summed E-state index contributed by atoms with van der Waals surface area (Å²) in [5.74, 6) is -0.181. The lowest BCUT2D eigenvalue weighted by Crippen LogP contribution is -2.46. The number of phosphoric acid groups is 1. The number of amides is 1. The standard InChI is InChI=1S/C61H105N2O6P/c1-6-8-10-12-14-16-17-18-19-20-21-22-23-24-25-26-27-28-29-30-31-32-33-34-35-36-37-38-39-40-41-42-43-44-45-47-49-51-53-55-61(65)62-59(58-69-70(66,67)68-57-56-63(3,4)5)60(64)54-52-50-48-46-15-13-11-9-7-2/h8,10,14,16,18-19,21-22,24-25,27-28,30-31,33-34,36-37,39-40,59-60,64H,6-7,9,11-13,15,17,20,23,26,29,32,35,38,41-58H2,1-5H3,(H-,62,65,66,67)/b10-8-,16-14-,19-18-,22-21-,25-24-,28-27-,31-30-,34-33-,37-36-,40-39-. The summed E-state index contributed by atoms with van der Waals surface area (Å²) in [7, 11) is 1.28. The van der Waals surface area contributed by atoms with E-state index in [0.29, 0.717) is 23.9 Å². The lowest BCUT2D eigenvalue weighted by Gasteiger charge is -2.30. The number of aliphatic hydroxyl groups excluding tert-OH is 1. The van der Waals surface area contributed by atoms with Gasteiger partial charge in [-0.25, -0.2) is 0 Å². The molecule has 400 valence electrons. The Bertz CT molecular complexity index is 1550. The number of hydrogen-bond acceptors (Lipinski definition) is 6. The molecule has 8 nitrogen and oxygen atoms in total. The Morgan fingerprint density at radius 3 is 1.27 bits per heavy atom. The molecule has 0 saturated heterocycles. The number of nitrogens with zero attached hydrogens (tertiary/aromatic N) is 1. The van der Waals surface area contributed by atoms with E-state index in [2.05, 4.69) is 141 Å². The van der Waals surface area contributed by atoms with Crippen LogP contribution in [0.1, 0.15) is 206 Å². The molecule has 0 radical (unpaired) electrons. The fourth-order valence-electron chi connectivity index (χ4n) is 7.36. The van der Waals surface area contributed by atoms with E-state index < -0.39 is 20.0 Å². The van der Waals surface area contributed by atoms with Crippen LogP contribution in [0.2, 0.25) is 0 Å². The van der Waals surface area contributed by atoms with Crippen molar-refractivity contribution in [1.29, 1.82) is 0 Å². The number of phosphoric ester groups is 1. The summed E-state index contributed by atoms with van der Waals surface area (Å²) in [6.45, 7) is 4.55. The largest absolute Gasteiger partial charge is 0.756 e. The Labute approximate surface area is 431 Å². The predicted octanol–water partition coefficient (Wildman–Crippen LogP) is 16.3. The maximum absolute atomic E-state index is 12.9. The SMILES string of the molecule is CC/C=C\C/C=C\C/C=C\C/C=C\C/C=C\C/C=C\C/C=C\C/C=C\C/C=C\C/C=C\CCCCCCCCCCC(=O)NC(COP(=O)([O-])OCC[N+](C)(C)C)C(O)CCCCCCCCCCC. The average Bonchev–Trinajstić information content (AvgIpc) is 3.32. The van der Waals surface area contributed by atoms with Crippen LogP contribution in [0.25, 0.3) is 0 Å². The molecule has 0 aromatic rings. The maximum Gasteiger partial charge on any atom is 0.268 e. The molecule has 0 aromatic heterocycles. The van der Waals surface area contributed by atoms with Crippen molar-refractivity contribution in [2.45, 2.75) is 219 Å². The van der Waals surface area contributed by atoms with Gasteiger partial charge < -0.3 is 28.8 Å². The quantitative estimate of drug-likeness (QED) is 0.0272. The topological polar surface area (TPSA) is 108 Å². The van der Waals surface area contributed by atoms with Gasteiger partial charge in [-0.3, -0.25) is 9.36 Å². The minimum absolute atomic E-state index is 0.00442. The van der Waals surface area contributed by atoms with E-state index in [4.69, 9.17) is 9.05 Å². The van der Waals surface area contributed by atoms with Crippen molar-refractivity contribution in [3.05, 3.63) is 122 Å². The zero-order valence-electron chi connectivity index (χ0n) is 45.4. The molecule has 0 aromatic carbocycles. The average molecular weight is 993 g/mol. The number of carbonyl (C=O) groups excluding carboxylic acids is 1. The van der Waals surface area contributed by atoms with Crippen LogP contribution in [0, 0.1) is 0 Å². The number of rotatable bonds is 49. The van der Waals surface area contributed by atoms with E-state index in [1.54, 1.807) is 0 Å². The summed E-state index contributed by atoms with van der Waals surface area (Å²) in [5, 5.41) is 13.9. The lowest BCUT2D eigenvalue weighted by molar-refractivity contribution is -0.870. The highest BCUT2D eigenvalue weighted by atomic mass is 31.2.